The molecule has 1 fully saturated rings. The number of aliphatic hydroxyl groups excluding tert-OH is 1. The number of pyridine rings is 1. The van der Waals surface area contributed by atoms with Gasteiger partial charge in [0.15, 0.2) is 5.65 Å². The van der Waals surface area contributed by atoms with Gasteiger partial charge in [-0.2, -0.15) is 0 Å². The molecule has 3 heterocycles. The van der Waals surface area contributed by atoms with Crippen molar-refractivity contribution in [3.05, 3.63) is 24.2 Å². The lowest BCUT2D eigenvalue weighted by Crippen LogP contribution is -2.44. The van der Waals surface area contributed by atoms with Crippen LogP contribution >= 0.6 is 0 Å². The second-order valence-electron chi connectivity index (χ2n) is 7.24. The zero-order valence-electron chi connectivity index (χ0n) is 15.1. The van der Waals surface area contributed by atoms with Gasteiger partial charge in [-0.1, -0.05) is 0 Å². The number of ether oxygens (including phenoxy) is 1. The predicted molar refractivity (Wildman–Crippen MR) is 94.4 cm³/mol. The summed E-state index contributed by atoms with van der Waals surface area (Å²) in [5.74, 6) is -0.104. The van der Waals surface area contributed by atoms with Crippen molar-refractivity contribution < 1.29 is 14.6 Å². The molecular formula is C18H26N4O3. The molecule has 136 valence electrons. The highest BCUT2D eigenvalue weighted by Crippen LogP contribution is 2.31. The molecule has 2 aromatic heterocycles. The number of nitrogens with zero attached hydrogens (tertiary/aromatic N) is 4. The molecule has 1 saturated heterocycles. The summed E-state index contributed by atoms with van der Waals surface area (Å²) < 4.78 is 7.37. The van der Waals surface area contributed by atoms with Gasteiger partial charge in [-0.25, -0.2) is 9.97 Å². The van der Waals surface area contributed by atoms with Crippen molar-refractivity contribution in [2.24, 2.45) is 5.41 Å². The number of carbonyl (C=O) groups is 1. The third-order valence-electron chi connectivity index (χ3n) is 5.02. The van der Waals surface area contributed by atoms with Crippen LogP contribution < -0.4 is 0 Å². The zero-order chi connectivity index (χ0) is 18.0. The van der Waals surface area contributed by atoms with Gasteiger partial charge < -0.3 is 19.3 Å². The molecule has 0 spiro atoms. The standard InChI is InChI=1S/C18H26N4O3/c1-13(2)22-12-20-15-8-14(9-19-16(15)22)17(24)21(3)10-18(11-23)4-6-25-7-5-18/h8-9,12-13,23H,4-7,10-11H2,1-3H3. The Morgan fingerprint density at radius 1 is 1.40 bits per heavy atom. The topological polar surface area (TPSA) is 80.5 Å². The first-order chi connectivity index (χ1) is 12.0. The Morgan fingerprint density at radius 3 is 2.76 bits per heavy atom. The molecule has 0 aromatic carbocycles. The lowest BCUT2D eigenvalue weighted by molar-refractivity contribution is -0.0282. The van der Waals surface area contributed by atoms with Crippen LogP contribution in [-0.4, -0.2) is 63.9 Å². The summed E-state index contributed by atoms with van der Waals surface area (Å²) in [7, 11) is 1.77. The van der Waals surface area contributed by atoms with Crippen LogP contribution in [0.25, 0.3) is 11.2 Å². The molecule has 0 unspecified atom stereocenters. The molecule has 1 N–H and O–H groups in total. The van der Waals surface area contributed by atoms with E-state index in [1.165, 1.54) is 0 Å². The summed E-state index contributed by atoms with van der Waals surface area (Å²) in [4.78, 5) is 23.3. The molecule has 0 saturated carbocycles. The van der Waals surface area contributed by atoms with E-state index in [-0.39, 0.29) is 24.0 Å². The van der Waals surface area contributed by atoms with E-state index in [9.17, 15) is 9.90 Å². The fourth-order valence-electron chi connectivity index (χ4n) is 3.38. The predicted octanol–water partition coefficient (Wildman–Crippen LogP) is 1.87. The van der Waals surface area contributed by atoms with Crippen molar-refractivity contribution in [2.75, 3.05) is 33.4 Å². The van der Waals surface area contributed by atoms with Gasteiger partial charge in [0.1, 0.15) is 5.52 Å². The van der Waals surface area contributed by atoms with E-state index in [0.29, 0.717) is 25.3 Å². The molecular weight excluding hydrogens is 320 g/mol. The Kier molecular flexibility index (Phi) is 5.06. The average molecular weight is 346 g/mol. The second-order valence-corrected chi connectivity index (χ2v) is 7.24. The van der Waals surface area contributed by atoms with Gasteiger partial charge in [0, 0.05) is 44.5 Å². The fraction of sp³-hybridized carbons (Fsp3) is 0.611. The van der Waals surface area contributed by atoms with Crippen LogP contribution in [0.1, 0.15) is 43.1 Å². The van der Waals surface area contributed by atoms with Gasteiger partial charge >= 0.3 is 0 Å². The number of fused-ring (bicyclic) bond motifs is 1. The van der Waals surface area contributed by atoms with E-state index in [2.05, 4.69) is 23.8 Å². The summed E-state index contributed by atoms with van der Waals surface area (Å²) in [6.45, 7) is 5.95. The van der Waals surface area contributed by atoms with E-state index in [4.69, 9.17) is 4.74 Å². The van der Waals surface area contributed by atoms with E-state index < -0.39 is 0 Å². The summed E-state index contributed by atoms with van der Waals surface area (Å²) in [5, 5.41) is 9.82. The van der Waals surface area contributed by atoms with Crippen LogP contribution in [0.2, 0.25) is 0 Å². The zero-order valence-corrected chi connectivity index (χ0v) is 15.1. The fourth-order valence-corrected chi connectivity index (χ4v) is 3.38. The van der Waals surface area contributed by atoms with Gasteiger partial charge in [0.2, 0.25) is 0 Å². The Bertz CT molecular complexity index is 750. The minimum Gasteiger partial charge on any atom is -0.396 e. The molecule has 0 atom stereocenters. The van der Waals surface area contributed by atoms with E-state index in [1.807, 2.05) is 4.57 Å². The number of rotatable bonds is 5. The maximum atomic E-state index is 12.8. The molecule has 0 radical (unpaired) electrons. The van der Waals surface area contributed by atoms with Gasteiger partial charge in [0.25, 0.3) is 5.91 Å². The Morgan fingerprint density at radius 2 is 2.12 bits per heavy atom. The maximum absolute atomic E-state index is 12.8. The third-order valence-corrected chi connectivity index (χ3v) is 5.02. The van der Waals surface area contributed by atoms with Gasteiger partial charge in [0.05, 0.1) is 18.5 Å². The molecule has 7 nitrogen and oxygen atoms in total. The Labute approximate surface area is 147 Å². The first-order valence-electron chi connectivity index (χ1n) is 8.72. The number of hydrogen-bond donors (Lipinski definition) is 1. The maximum Gasteiger partial charge on any atom is 0.255 e. The molecule has 2 aromatic rings. The lowest BCUT2D eigenvalue weighted by Gasteiger charge is -2.38. The van der Waals surface area contributed by atoms with Crippen LogP contribution in [0, 0.1) is 5.41 Å². The lowest BCUT2D eigenvalue weighted by atomic mass is 9.80. The summed E-state index contributed by atoms with van der Waals surface area (Å²) >= 11 is 0. The summed E-state index contributed by atoms with van der Waals surface area (Å²) in [5.41, 5.74) is 1.74. The van der Waals surface area contributed by atoms with Crippen molar-refractivity contribution in [3.8, 4) is 0 Å². The number of imidazole rings is 1. The molecule has 1 amide bonds. The average Bonchev–Trinajstić information content (AvgIpc) is 3.05. The van der Waals surface area contributed by atoms with Crippen molar-refractivity contribution in [1.82, 2.24) is 19.4 Å². The van der Waals surface area contributed by atoms with Gasteiger partial charge in [-0.3, -0.25) is 4.79 Å². The quantitative estimate of drug-likeness (QED) is 0.894. The van der Waals surface area contributed by atoms with E-state index in [1.54, 1.807) is 30.5 Å². The molecule has 0 aliphatic carbocycles. The molecule has 3 rings (SSSR count). The number of amides is 1. The highest BCUT2D eigenvalue weighted by molar-refractivity contribution is 5.96. The first-order valence-corrected chi connectivity index (χ1v) is 8.72. The van der Waals surface area contributed by atoms with Crippen molar-refractivity contribution in [1.29, 1.82) is 0 Å². The van der Waals surface area contributed by atoms with Gasteiger partial charge in [-0.05, 0) is 32.8 Å². The van der Waals surface area contributed by atoms with Crippen LogP contribution in [0.4, 0.5) is 0 Å². The van der Waals surface area contributed by atoms with E-state index >= 15 is 0 Å². The minimum atomic E-state index is -0.278. The minimum absolute atomic E-state index is 0.0596. The number of carbonyl (C=O) groups excluding carboxylic acids is 1. The summed E-state index contributed by atoms with van der Waals surface area (Å²) in [6, 6.07) is 2.05. The highest BCUT2D eigenvalue weighted by Gasteiger charge is 2.34. The SMILES string of the molecule is CC(C)n1cnc2cc(C(=O)N(C)CC3(CO)CCOCC3)cnc21. The van der Waals surface area contributed by atoms with E-state index in [0.717, 1.165) is 24.0 Å². The number of hydrogen-bond acceptors (Lipinski definition) is 5. The monoisotopic (exact) mass is 346 g/mol. The van der Waals surface area contributed by atoms with Crippen molar-refractivity contribution >= 4 is 17.1 Å². The van der Waals surface area contributed by atoms with Crippen LogP contribution in [0.5, 0.6) is 0 Å². The smallest absolute Gasteiger partial charge is 0.255 e. The molecule has 0 bridgehead atoms. The van der Waals surface area contributed by atoms with Gasteiger partial charge in [-0.15, -0.1) is 0 Å². The Balaban J connectivity index is 1.78. The third kappa shape index (κ3) is 3.52. The largest absolute Gasteiger partial charge is 0.396 e. The molecule has 1 aliphatic heterocycles. The summed E-state index contributed by atoms with van der Waals surface area (Å²) in [6.07, 6.45) is 4.88. The number of aliphatic hydroxyl groups is 1. The molecule has 1 aliphatic rings. The van der Waals surface area contributed by atoms with Crippen molar-refractivity contribution in [3.63, 3.8) is 0 Å². The molecule has 25 heavy (non-hydrogen) atoms. The van der Waals surface area contributed by atoms with Crippen LogP contribution in [0.15, 0.2) is 18.6 Å². The molecule has 7 heteroatoms. The van der Waals surface area contributed by atoms with Crippen LogP contribution in [-0.2, 0) is 4.74 Å². The second kappa shape index (κ2) is 7.09. The first kappa shape index (κ1) is 17.8. The highest BCUT2D eigenvalue weighted by atomic mass is 16.5. The van der Waals surface area contributed by atoms with Crippen molar-refractivity contribution in [2.45, 2.75) is 32.7 Å². The Hall–Kier alpha value is -1.99. The number of aromatic nitrogens is 3. The normalized spacial score (nSPS) is 17.2. The van der Waals surface area contributed by atoms with Crippen LogP contribution in [0.3, 0.4) is 0 Å².